The Hall–Kier alpha value is -3.34. The number of ether oxygens (including phenoxy) is 1. The van der Waals surface area contributed by atoms with Crippen LogP contribution in [0.1, 0.15) is 12.5 Å². The lowest BCUT2D eigenvalue weighted by Crippen LogP contribution is -2.37. The van der Waals surface area contributed by atoms with Crippen molar-refractivity contribution in [1.82, 2.24) is 18.7 Å². The number of anilines is 1. The van der Waals surface area contributed by atoms with Gasteiger partial charge in [-0.2, -0.15) is 10.1 Å². The number of methoxy groups -OCH3 is 1. The summed E-state index contributed by atoms with van der Waals surface area (Å²) in [5.74, 6) is 0.564. The second-order valence-electron chi connectivity index (χ2n) is 6.78. The number of rotatable bonds is 6. The van der Waals surface area contributed by atoms with Crippen molar-refractivity contribution >= 4 is 39.3 Å². The lowest BCUT2D eigenvalue weighted by atomic mass is 10.2. The van der Waals surface area contributed by atoms with Gasteiger partial charge in [-0.25, -0.2) is 10.2 Å². The van der Waals surface area contributed by atoms with Gasteiger partial charge in [-0.15, -0.1) is 0 Å². The summed E-state index contributed by atoms with van der Waals surface area (Å²) in [5.41, 5.74) is 3.86. The Labute approximate surface area is 179 Å². The molecule has 1 aromatic carbocycles. The highest BCUT2D eigenvalue weighted by Gasteiger charge is 2.19. The van der Waals surface area contributed by atoms with E-state index >= 15 is 0 Å². The van der Waals surface area contributed by atoms with Crippen LogP contribution in [0.4, 0.5) is 5.95 Å². The van der Waals surface area contributed by atoms with Crippen molar-refractivity contribution in [1.29, 1.82) is 0 Å². The molecule has 3 aromatic rings. The SMILES string of the molecule is C=C(C)Cn1c(N/N=C\c2cc(Br)c(O)c(OC)c2)nc2c1c(=O)n(C)c(=O)n2C. The lowest BCUT2D eigenvalue weighted by molar-refractivity contribution is 0.372. The number of hydrazone groups is 1. The van der Waals surface area contributed by atoms with E-state index in [0.29, 0.717) is 22.3 Å². The van der Waals surface area contributed by atoms with Crippen molar-refractivity contribution < 1.29 is 9.84 Å². The molecule has 0 saturated carbocycles. The third-order valence-corrected chi connectivity index (χ3v) is 5.03. The molecule has 2 N–H and O–H groups in total. The van der Waals surface area contributed by atoms with Gasteiger partial charge in [0.2, 0.25) is 5.95 Å². The summed E-state index contributed by atoms with van der Waals surface area (Å²) in [6, 6.07) is 3.28. The first kappa shape index (κ1) is 21.4. The average Bonchev–Trinajstić information content (AvgIpc) is 3.05. The molecule has 0 aliphatic heterocycles. The molecule has 0 saturated heterocycles. The quantitative estimate of drug-likeness (QED) is 0.319. The molecule has 0 spiro atoms. The van der Waals surface area contributed by atoms with Gasteiger partial charge < -0.3 is 9.84 Å². The number of nitrogens with one attached hydrogen (secondary N) is 1. The second kappa shape index (κ2) is 8.19. The molecule has 158 valence electrons. The fourth-order valence-electron chi connectivity index (χ4n) is 2.94. The van der Waals surface area contributed by atoms with Crippen molar-refractivity contribution in [3.63, 3.8) is 0 Å². The number of allylic oxidation sites excluding steroid dienone is 1. The molecule has 10 nitrogen and oxygen atoms in total. The van der Waals surface area contributed by atoms with Crippen molar-refractivity contribution in [2.24, 2.45) is 19.2 Å². The Morgan fingerprint density at radius 2 is 2.07 bits per heavy atom. The van der Waals surface area contributed by atoms with Crippen LogP contribution >= 0.6 is 15.9 Å². The summed E-state index contributed by atoms with van der Waals surface area (Å²) in [7, 11) is 4.42. The van der Waals surface area contributed by atoms with Gasteiger partial charge in [0.25, 0.3) is 5.56 Å². The third kappa shape index (κ3) is 3.75. The number of phenolic OH excluding ortho intramolecular Hbond substituents is 1. The van der Waals surface area contributed by atoms with Gasteiger partial charge >= 0.3 is 5.69 Å². The highest BCUT2D eigenvalue weighted by molar-refractivity contribution is 9.10. The highest BCUT2D eigenvalue weighted by Crippen LogP contribution is 2.34. The van der Waals surface area contributed by atoms with Gasteiger partial charge in [0.1, 0.15) is 0 Å². The van der Waals surface area contributed by atoms with Crippen molar-refractivity contribution in [3.8, 4) is 11.5 Å². The lowest BCUT2D eigenvalue weighted by Gasteiger charge is -2.09. The molecule has 0 aliphatic rings. The number of aromatic hydroxyl groups is 1. The number of hydrogen-bond acceptors (Lipinski definition) is 7. The van der Waals surface area contributed by atoms with E-state index in [1.54, 1.807) is 23.7 Å². The zero-order chi connectivity index (χ0) is 22.2. The van der Waals surface area contributed by atoms with Crippen LogP contribution in [-0.2, 0) is 20.6 Å². The summed E-state index contributed by atoms with van der Waals surface area (Å²) in [6.07, 6.45) is 1.51. The maximum absolute atomic E-state index is 12.7. The molecule has 30 heavy (non-hydrogen) atoms. The maximum Gasteiger partial charge on any atom is 0.332 e. The summed E-state index contributed by atoms with van der Waals surface area (Å²) < 4.78 is 9.55. The molecule has 0 unspecified atom stereocenters. The number of phenols is 1. The first-order chi connectivity index (χ1) is 14.1. The van der Waals surface area contributed by atoms with Gasteiger partial charge in [-0.1, -0.05) is 12.2 Å². The van der Waals surface area contributed by atoms with Crippen LogP contribution in [0.25, 0.3) is 11.2 Å². The van der Waals surface area contributed by atoms with Crippen LogP contribution in [0.3, 0.4) is 0 Å². The van der Waals surface area contributed by atoms with E-state index in [-0.39, 0.29) is 22.9 Å². The standard InChI is InChI=1S/C19H21BrN6O4/c1-10(2)9-26-14-16(24(3)19(29)25(4)17(14)28)22-18(26)23-21-8-11-6-12(20)15(27)13(7-11)30-5/h6-8,27H,1,9H2,2-5H3,(H,22,23)/b21-8-. The van der Waals surface area contributed by atoms with Gasteiger partial charge in [0.05, 0.1) is 17.8 Å². The van der Waals surface area contributed by atoms with Gasteiger partial charge in [-0.05, 0) is 40.5 Å². The van der Waals surface area contributed by atoms with Crippen molar-refractivity contribution in [2.75, 3.05) is 12.5 Å². The molecule has 3 rings (SSSR count). The van der Waals surface area contributed by atoms with E-state index in [9.17, 15) is 14.7 Å². The van der Waals surface area contributed by atoms with Crippen LogP contribution in [0, 0.1) is 0 Å². The van der Waals surface area contributed by atoms with Crippen LogP contribution in [0.5, 0.6) is 11.5 Å². The smallest absolute Gasteiger partial charge is 0.332 e. The molecule has 0 bridgehead atoms. The van der Waals surface area contributed by atoms with Crippen molar-refractivity contribution in [3.05, 3.63) is 55.2 Å². The van der Waals surface area contributed by atoms with E-state index in [0.717, 1.165) is 10.1 Å². The van der Waals surface area contributed by atoms with Gasteiger partial charge in [-0.3, -0.25) is 18.5 Å². The Kier molecular flexibility index (Phi) is 5.83. The zero-order valence-electron chi connectivity index (χ0n) is 16.9. The third-order valence-electron chi connectivity index (χ3n) is 4.42. The van der Waals surface area contributed by atoms with Crippen LogP contribution in [0.15, 0.2) is 43.4 Å². The van der Waals surface area contributed by atoms with E-state index in [2.05, 4.69) is 38.0 Å². The van der Waals surface area contributed by atoms with E-state index in [4.69, 9.17) is 4.74 Å². The number of aromatic nitrogens is 4. The number of hydrogen-bond donors (Lipinski definition) is 2. The van der Waals surface area contributed by atoms with E-state index in [1.165, 1.54) is 24.9 Å². The predicted molar refractivity (Wildman–Crippen MR) is 119 cm³/mol. The number of imidazole rings is 1. The Morgan fingerprint density at radius 3 is 2.70 bits per heavy atom. The molecule has 0 aliphatic carbocycles. The Bertz CT molecular complexity index is 1300. The minimum Gasteiger partial charge on any atom is -0.503 e. The minimum absolute atomic E-state index is 0.0115. The number of nitrogens with zero attached hydrogens (tertiary/aromatic N) is 5. The molecule has 2 aromatic heterocycles. The van der Waals surface area contributed by atoms with Crippen LogP contribution < -0.4 is 21.4 Å². The highest BCUT2D eigenvalue weighted by atomic mass is 79.9. The molecule has 0 fully saturated rings. The number of benzene rings is 1. The maximum atomic E-state index is 12.7. The molecule has 0 amide bonds. The fraction of sp³-hybridized carbons (Fsp3) is 0.263. The first-order valence-corrected chi connectivity index (χ1v) is 9.61. The van der Waals surface area contributed by atoms with Gasteiger partial charge in [0.15, 0.2) is 22.7 Å². The monoisotopic (exact) mass is 476 g/mol. The number of halogens is 1. The normalized spacial score (nSPS) is 11.4. The summed E-state index contributed by atoms with van der Waals surface area (Å²) in [5, 5.41) is 14.1. The number of fused-ring (bicyclic) bond motifs is 1. The molecule has 0 radical (unpaired) electrons. The minimum atomic E-state index is -0.469. The fourth-order valence-corrected chi connectivity index (χ4v) is 3.40. The summed E-state index contributed by atoms with van der Waals surface area (Å²) in [4.78, 5) is 29.3. The molecule has 0 atom stereocenters. The van der Waals surface area contributed by atoms with Crippen molar-refractivity contribution in [2.45, 2.75) is 13.5 Å². The van der Waals surface area contributed by atoms with E-state index in [1.807, 2.05) is 6.92 Å². The molecule has 2 heterocycles. The van der Waals surface area contributed by atoms with Crippen LogP contribution in [0.2, 0.25) is 0 Å². The second-order valence-corrected chi connectivity index (χ2v) is 7.63. The van der Waals surface area contributed by atoms with Gasteiger partial charge in [0, 0.05) is 20.6 Å². The Balaban J connectivity index is 2.07. The first-order valence-electron chi connectivity index (χ1n) is 8.82. The Morgan fingerprint density at radius 1 is 1.37 bits per heavy atom. The molecular weight excluding hydrogens is 456 g/mol. The average molecular weight is 477 g/mol. The summed E-state index contributed by atoms with van der Waals surface area (Å²) >= 11 is 3.26. The zero-order valence-corrected chi connectivity index (χ0v) is 18.5. The number of aryl methyl sites for hydroxylation is 1. The molecular formula is C19H21BrN6O4. The predicted octanol–water partition coefficient (Wildman–Crippen LogP) is 1.93. The molecule has 11 heteroatoms. The summed E-state index contributed by atoms with van der Waals surface area (Å²) in [6.45, 7) is 6.04. The topological polar surface area (TPSA) is 116 Å². The van der Waals surface area contributed by atoms with E-state index < -0.39 is 11.2 Å². The van der Waals surface area contributed by atoms with Crippen LogP contribution in [-0.4, -0.2) is 37.1 Å². The largest absolute Gasteiger partial charge is 0.503 e.